The van der Waals surface area contributed by atoms with Crippen LogP contribution < -0.4 is 0 Å². The van der Waals surface area contributed by atoms with Crippen LogP contribution in [0.3, 0.4) is 0 Å². The molecule has 25 heavy (non-hydrogen) atoms. The van der Waals surface area contributed by atoms with Crippen LogP contribution in [0.25, 0.3) is 11.0 Å². The fraction of sp³-hybridized carbons (Fsp3) is 0.412. The lowest BCUT2D eigenvalue weighted by Gasteiger charge is -2.16. The second-order valence-corrected chi connectivity index (χ2v) is 6.25. The number of fused-ring (bicyclic) bond motifs is 1. The van der Waals surface area contributed by atoms with Crippen molar-refractivity contribution in [2.24, 2.45) is 0 Å². The number of likely N-dealkylation sites (tertiary alicyclic amines) is 1. The number of aryl methyl sites for hydroxylation is 1. The van der Waals surface area contributed by atoms with Crippen molar-refractivity contribution < 1.29 is 9.53 Å². The summed E-state index contributed by atoms with van der Waals surface area (Å²) >= 11 is 0. The number of nitrogens with zero attached hydrogens (tertiary/aromatic N) is 5. The third-order valence-electron chi connectivity index (χ3n) is 4.83. The lowest BCUT2D eigenvalue weighted by molar-refractivity contribution is -0.130. The number of rotatable bonds is 5. The number of hydrogen-bond donors (Lipinski definition) is 1. The number of aromatic amines is 1. The third-order valence-corrected chi connectivity index (χ3v) is 4.83. The maximum absolute atomic E-state index is 12.6. The molecule has 8 nitrogen and oxygen atoms in total. The number of carbonyl (C=O) groups is 1. The first-order valence-corrected chi connectivity index (χ1v) is 8.32. The van der Waals surface area contributed by atoms with Crippen LogP contribution in [0.5, 0.6) is 0 Å². The van der Waals surface area contributed by atoms with Gasteiger partial charge in [0.15, 0.2) is 0 Å². The monoisotopic (exact) mass is 340 g/mol. The molecule has 2 atom stereocenters. The number of nitrogens with one attached hydrogen (secondary N) is 1. The van der Waals surface area contributed by atoms with Gasteiger partial charge in [-0.25, -0.2) is 4.98 Å². The summed E-state index contributed by atoms with van der Waals surface area (Å²) in [5.74, 6) is 0.174. The van der Waals surface area contributed by atoms with Crippen LogP contribution in [0.2, 0.25) is 0 Å². The summed E-state index contributed by atoms with van der Waals surface area (Å²) in [6.45, 7) is 1.80. The molecule has 1 fully saturated rings. The molecule has 0 unspecified atom stereocenters. The SMILES string of the molecule is CO[C@@H]1CN(C(=O)CCn2cnc3ccccc32)C[C@H]1c1cn[nH]n1. The van der Waals surface area contributed by atoms with E-state index < -0.39 is 0 Å². The minimum atomic E-state index is -0.0527. The van der Waals surface area contributed by atoms with Crippen LogP contribution >= 0.6 is 0 Å². The first-order chi connectivity index (χ1) is 12.3. The van der Waals surface area contributed by atoms with E-state index >= 15 is 0 Å². The van der Waals surface area contributed by atoms with Gasteiger partial charge in [0.05, 0.1) is 41.3 Å². The Labute approximate surface area is 144 Å². The number of imidazole rings is 1. The van der Waals surface area contributed by atoms with Crippen molar-refractivity contribution in [2.75, 3.05) is 20.2 Å². The third kappa shape index (κ3) is 3.00. The van der Waals surface area contributed by atoms with E-state index in [1.807, 2.05) is 33.7 Å². The van der Waals surface area contributed by atoms with E-state index in [2.05, 4.69) is 20.4 Å². The molecular weight excluding hydrogens is 320 g/mol. The van der Waals surface area contributed by atoms with Crippen LogP contribution in [0, 0.1) is 0 Å². The number of H-pyrrole nitrogens is 1. The first-order valence-electron chi connectivity index (χ1n) is 8.32. The molecule has 1 saturated heterocycles. The van der Waals surface area contributed by atoms with Crippen molar-refractivity contribution in [1.82, 2.24) is 29.9 Å². The quantitative estimate of drug-likeness (QED) is 0.753. The zero-order valence-electron chi connectivity index (χ0n) is 14.0. The van der Waals surface area contributed by atoms with Gasteiger partial charge < -0.3 is 14.2 Å². The van der Waals surface area contributed by atoms with Crippen molar-refractivity contribution in [3.05, 3.63) is 42.5 Å². The minimum Gasteiger partial charge on any atom is -0.379 e. The standard InChI is InChI=1S/C17H20N6O2/c1-25-16-10-23(9-12(16)14-8-19-21-20-14)17(24)6-7-22-11-18-13-4-2-3-5-15(13)22/h2-5,8,11-12,16H,6-7,9-10H2,1H3,(H,19,20,21)/t12-,16+/m0/s1. The minimum absolute atomic E-state index is 0.0527. The first kappa shape index (κ1) is 15.8. The summed E-state index contributed by atoms with van der Waals surface area (Å²) in [5.41, 5.74) is 2.83. The topological polar surface area (TPSA) is 88.9 Å². The van der Waals surface area contributed by atoms with Gasteiger partial charge in [0.1, 0.15) is 0 Å². The summed E-state index contributed by atoms with van der Waals surface area (Å²) in [4.78, 5) is 18.9. The van der Waals surface area contributed by atoms with Gasteiger partial charge in [0.25, 0.3) is 0 Å². The van der Waals surface area contributed by atoms with Gasteiger partial charge in [-0.1, -0.05) is 12.1 Å². The van der Waals surface area contributed by atoms with Gasteiger partial charge in [0.2, 0.25) is 5.91 Å². The molecule has 0 aliphatic carbocycles. The fourth-order valence-corrected chi connectivity index (χ4v) is 3.45. The highest BCUT2D eigenvalue weighted by Crippen LogP contribution is 2.28. The van der Waals surface area contributed by atoms with Gasteiger partial charge >= 0.3 is 0 Å². The molecule has 0 spiro atoms. The number of methoxy groups -OCH3 is 1. The zero-order chi connectivity index (χ0) is 17.2. The predicted molar refractivity (Wildman–Crippen MR) is 90.9 cm³/mol. The molecule has 0 saturated carbocycles. The lowest BCUT2D eigenvalue weighted by atomic mass is 10.0. The van der Waals surface area contributed by atoms with Crippen LogP contribution in [0.1, 0.15) is 18.0 Å². The molecule has 1 aliphatic rings. The average molecular weight is 340 g/mol. The molecule has 1 amide bonds. The zero-order valence-corrected chi connectivity index (χ0v) is 14.0. The number of aromatic nitrogens is 5. The van der Waals surface area contributed by atoms with E-state index in [0.29, 0.717) is 26.1 Å². The highest BCUT2D eigenvalue weighted by molar-refractivity contribution is 5.78. The van der Waals surface area contributed by atoms with Gasteiger partial charge in [-0.15, -0.1) is 0 Å². The molecule has 3 aromatic rings. The second-order valence-electron chi connectivity index (χ2n) is 6.25. The average Bonchev–Trinajstić information content (AvgIpc) is 3.37. The Morgan fingerprint density at radius 1 is 1.36 bits per heavy atom. The van der Waals surface area contributed by atoms with Crippen LogP contribution in [0.4, 0.5) is 0 Å². The van der Waals surface area contributed by atoms with Crippen molar-refractivity contribution in [3.8, 4) is 0 Å². The van der Waals surface area contributed by atoms with Crippen molar-refractivity contribution in [2.45, 2.75) is 25.0 Å². The number of amides is 1. The van der Waals surface area contributed by atoms with E-state index in [1.165, 1.54) is 0 Å². The summed E-state index contributed by atoms with van der Waals surface area (Å²) < 4.78 is 7.57. The van der Waals surface area contributed by atoms with Crippen molar-refractivity contribution in [1.29, 1.82) is 0 Å². The highest BCUT2D eigenvalue weighted by atomic mass is 16.5. The molecule has 1 aliphatic heterocycles. The largest absolute Gasteiger partial charge is 0.379 e. The van der Waals surface area contributed by atoms with Gasteiger partial charge in [-0.05, 0) is 12.1 Å². The van der Waals surface area contributed by atoms with E-state index in [4.69, 9.17) is 4.74 Å². The Morgan fingerprint density at radius 2 is 2.24 bits per heavy atom. The predicted octanol–water partition coefficient (Wildman–Crippen LogP) is 1.19. The summed E-state index contributed by atoms with van der Waals surface area (Å²) in [6, 6.07) is 7.93. The summed E-state index contributed by atoms with van der Waals surface area (Å²) in [5, 5.41) is 10.6. The molecule has 130 valence electrons. The molecule has 8 heteroatoms. The van der Waals surface area contributed by atoms with E-state index in [1.54, 1.807) is 19.6 Å². The van der Waals surface area contributed by atoms with E-state index in [-0.39, 0.29) is 17.9 Å². The number of benzene rings is 1. The molecule has 0 radical (unpaired) electrons. The molecule has 1 aromatic carbocycles. The van der Waals surface area contributed by atoms with Gasteiger partial charge in [-0.2, -0.15) is 15.4 Å². The van der Waals surface area contributed by atoms with E-state index in [0.717, 1.165) is 16.7 Å². The maximum Gasteiger partial charge on any atom is 0.224 e. The Balaban J connectivity index is 1.41. The van der Waals surface area contributed by atoms with Crippen molar-refractivity contribution in [3.63, 3.8) is 0 Å². The summed E-state index contributed by atoms with van der Waals surface area (Å²) in [6.07, 6.45) is 3.87. The normalized spacial score (nSPS) is 20.4. The highest BCUT2D eigenvalue weighted by Gasteiger charge is 2.37. The molecule has 3 heterocycles. The van der Waals surface area contributed by atoms with E-state index in [9.17, 15) is 4.79 Å². The smallest absolute Gasteiger partial charge is 0.224 e. The van der Waals surface area contributed by atoms with Crippen LogP contribution in [-0.4, -0.2) is 62.1 Å². The van der Waals surface area contributed by atoms with Crippen LogP contribution in [0.15, 0.2) is 36.8 Å². The number of ether oxygens (including phenoxy) is 1. The molecule has 4 rings (SSSR count). The van der Waals surface area contributed by atoms with Gasteiger partial charge in [0, 0.05) is 33.2 Å². The molecule has 1 N–H and O–H groups in total. The molecular formula is C17H20N6O2. The van der Waals surface area contributed by atoms with Crippen LogP contribution in [-0.2, 0) is 16.1 Å². The number of hydrogen-bond acceptors (Lipinski definition) is 5. The Hall–Kier alpha value is -2.74. The Morgan fingerprint density at radius 3 is 3.04 bits per heavy atom. The number of para-hydroxylation sites is 2. The maximum atomic E-state index is 12.6. The van der Waals surface area contributed by atoms with Gasteiger partial charge in [-0.3, -0.25) is 4.79 Å². The Kier molecular flexibility index (Phi) is 4.19. The van der Waals surface area contributed by atoms with Crippen molar-refractivity contribution >= 4 is 16.9 Å². The summed E-state index contributed by atoms with van der Waals surface area (Å²) in [7, 11) is 1.67. The second kappa shape index (κ2) is 6.64. The Bertz CT molecular complexity index is 859. The molecule has 2 aromatic heterocycles. The molecule has 0 bridgehead atoms. The fourth-order valence-electron chi connectivity index (χ4n) is 3.45. The lowest BCUT2D eigenvalue weighted by Crippen LogP contribution is -2.30. The number of carbonyl (C=O) groups excluding carboxylic acids is 1.